The van der Waals surface area contributed by atoms with Crippen LogP contribution in [0.15, 0.2) is 50.3 Å². The van der Waals surface area contributed by atoms with Gasteiger partial charge in [-0.05, 0) is 73.5 Å². The summed E-state index contributed by atoms with van der Waals surface area (Å²) in [5.74, 6) is -0.673. The summed E-state index contributed by atoms with van der Waals surface area (Å²) in [6, 6.07) is 9.47. The number of amides is 4. The fourth-order valence-corrected chi connectivity index (χ4v) is 4.50. The van der Waals surface area contributed by atoms with Gasteiger partial charge in [0.05, 0.1) is 12.1 Å². The van der Waals surface area contributed by atoms with Crippen LogP contribution in [0.25, 0.3) is 0 Å². The third-order valence-corrected chi connectivity index (χ3v) is 6.37. The molecule has 0 aliphatic rings. The van der Waals surface area contributed by atoms with Gasteiger partial charge in [-0.25, -0.2) is 4.79 Å². The van der Waals surface area contributed by atoms with Crippen molar-refractivity contribution in [3.8, 4) is 0 Å². The Labute approximate surface area is 226 Å². The number of nitrogens with zero attached hydrogens (tertiary/aromatic N) is 1. The number of hydrogen-bond acceptors (Lipinski definition) is 5. The fraction of sp³-hybridized carbons (Fsp3) is 0.304. The summed E-state index contributed by atoms with van der Waals surface area (Å²) in [5.41, 5.74) is 24.7. The van der Waals surface area contributed by atoms with E-state index < -0.39 is 12.1 Å². The Kier molecular flexibility index (Phi) is 11.5. The molecule has 0 aliphatic carbocycles. The smallest absolute Gasteiger partial charge is 0.312 e. The summed E-state index contributed by atoms with van der Waals surface area (Å²) in [4.78, 5) is 40.4. The molecule has 2 rings (SSSR count). The normalized spacial score (nSPS) is 11.3. The first-order chi connectivity index (χ1) is 17.0. The number of guanidine groups is 1. The molecule has 11 N–H and O–H groups in total. The average molecular weight is 626 g/mol. The zero-order chi connectivity index (χ0) is 26.7. The summed E-state index contributed by atoms with van der Waals surface area (Å²) in [6.45, 7) is 0.911. The highest BCUT2D eigenvalue weighted by Gasteiger charge is 2.21. The predicted octanol–water partition coefficient (Wildman–Crippen LogP) is 1.36. The first kappa shape index (κ1) is 28.9. The third-order valence-electron chi connectivity index (χ3n) is 5.06. The van der Waals surface area contributed by atoms with Gasteiger partial charge in [0.1, 0.15) is 6.04 Å². The Balaban J connectivity index is 2.00. The Morgan fingerprint density at radius 3 is 1.97 bits per heavy atom. The topological polar surface area (TPSA) is 204 Å². The molecule has 1 atom stereocenters. The lowest BCUT2D eigenvalue weighted by Crippen LogP contribution is -2.47. The lowest BCUT2D eigenvalue weighted by atomic mass is 10.1. The van der Waals surface area contributed by atoms with Crippen LogP contribution in [0.4, 0.5) is 10.5 Å². The number of anilines is 1. The molecule has 0 heterocycles. The van der Waals surface area contributed by atoms with Gasteiger partial charge in [-0.1, -0.05) is 24.3 Å². The third kappa shape index (κ3) is 10.1. The lowest BCUT2D eigenvalue weighted by Gasteiger charge is -2.19. The van der Waals surface area contributed by atoms with E-state index in [1.807, 2.05) is 24.3 Å². The second-order valence-electron chi connectivity index (χ2n) is 7.97. The maximum Gasteiger partial charge on any atom is 0.312 e. The highest BCUT2D eigenvalue weighted by molar-refractivity contribution is 9.11. The van der Waals surface area contributed by atoms with E-state index in [1.165, 1.54) is 0 Å². The highest BCUT2D eigenvalue weighted by atomic mass is 79.9. The Hall–Kier alpha value is -3.32. The predicted molar refractivity (Wildman–Crippen MR) is 147 cm³/mol. The number of rotatable bonds is 12. The van der Waals surface area contributed by atoms with Gasteiger partial charge in [0.2, 0.25) is 11.8 Å². The molecule has 0 spiro atoms. The van der Waals surface area contributed by atoms with E-state index in [0.29, 0.717) is 40.6 Å². The molecule has 0 radical (unpaired) electrons. The number of primary amides is 1. The van der Waals surface area contributed by atoms with Crippen molar-refractivity contribution < 1.29 is 14.4 Å². The van der Waals surface area contributed by atoms with Crippen molar-refractivity contribution in [1.29, 1.82) is 0 Å². The van der Waals surface area contributed by atoms with E-state index in [2.05, 4.69) is 52.8 Å². The molecule has 36 heavy (non-hydrogen) atoms. The maximum absolute atomic E-state index is 12.9. The number of benzene rings is 2. The standard InChI is InChI=1S/C23H30Br2N8O3/c24-16-8-15(9-17(25)20(16)26)10-19(34)33-18(2-1-7-30-22(27)28)21(35)31-11-13-3-5-14(6-4-13)12-32-23(29)36/h3-6,8-9,18H,1-2,7,10-12,26H2,(H,31,35)(H,33,34)(H4,27,28,30)(H3,29,32,36)/t18-/m1/s1. The average Bonchev–Trinajstić information content (AvgIpc) is 2.82. The van der Waals surface area contributed by atoms with Crippen molar-refractivity contribution in [2.24, 2.45) is 22.2 Å². The van der Waals surface area contributed by atoms with E-state index in [4.69, 9.17) is 22.9 Å². The van der Waals surface area contributed by atoms with Crippen LogP contribution in [0.5, 0.6) is 0 Å². The van der Waals surface area contributed by atoms with E-state index in [-0.39, 0.29) is 30.7 Å². The minimum atomic E-state index is -0.772. The molecule has 2 aromatic carbocycles. The second kappa shape index (κ2) is 14.3. The SMILES string of the molecule is NC(=O)NCc1ccc(CNC(=O)[C@@H](CCCN=C(N)N)NC(=O)Cc2cc(Br)c(N)c(Br)c2)cc1. The minimum absolute atomic E-state index is 0.0333. The van der Waals surface area contributed by atoms with Gasteiger partial charge in [-0.2, -0.15) is 0 Å². The van der Waals surface area contributed by atoms with Crippen molar-refractivity contribution in [3.05, 3.63) is 62.0 Å². The van der Waals surface area contributed by atoms with Gasteiger partial charge < -0.3 is 38.9 Å². The number of hydrogen-bond donors (Lipinski definition) is 7. The first-order valence-electron chi connectivity index (χ1n) is 11.0. The van der Waals surface area contributed by atoms with Crippen LogP contribution in [-0.4, -0.2) is 36.4 Å². The second-order valence-corrected chi connectivity index (χ2v) is 9.68. The molecule has 4 amide bonds. The first-order valence-corrected chi connectivity index (χ1v) is 12.6. The molecule has 0 aromatic heterocycles. The van der Waals surface area contributed by atoms with Crippen LogP contribution in [-0.2, 0) is 29.1 Å². The molecular weight excluding hydrogens is 596 g/mol. The minimum Gasteiger partial charge on any atom is -0.397 e. The summed E-state index contributed by atoms with van der Waals surface area (Å²) in [5, 5.41) is 8.17. The van der Waals surface area contributed by atoms with Crippen molar-refractivity contribution in [2.75, 3.05) is 12.3 Å². The number of nitrogen functional groups attached to an aromatic ring is 1. The monoisotopic (exact) mass is 624 g/mol. The molecule has 0 saturated heterocycles. The van der Waals surface area contributed by atoms with Gasteiger partial charge in [-0.15, -0.1) is 0 Å². The van der Waals surface area contributed by atoms with E-state index >= 15 is 0 Å². The molecule has 0 bridgehead atoms. The summed E-state index contributed by atoms with van der Waals surface area (Å²) in [7, 11) is 0. The van der Waals surface area contributed by atoms with Crippen LogP contribution in [0, 0.1) is 0 Å². The molecule has 13 heteroatoms. The van der Waals surface area contributed by atoms with Crippen LogP contribution in [0.2, 0.25) is 0 Å². The summed E-state index contributed by atoms with van der Waals surface area (Å²) >= 11 is 6.74. The molecule has 194 valence electrons. The van der Waals surface area contributed by atoms with E-state index in [1.54, 1.807) is 12.1 Å². The molecule has 0 aliphatic heterocycles. The maximum atomic E-state index is 12.9. The molecule has 0 unspecified atom stereocenters. The van der Waals surface area contributed by atoms with Gasteiger partial charge in [-0.3, -0.25) is 14.6 Å². The summed E-state index contributed by atoms with van der Waals surface area (Å²) in [6.07, 6.45) is 0.911. The van der Waals surface area contributed by atoms with E-state index in [0.717, 1.165) is 16.7 Å². The molecule has 0 saturated carbocycles. The van der Waals surface area contributed by atoms with Crippen molar-refractivity contribution in [1.82, 2.24) is 16.0 Å². The van der Waals surface area contributed by atoms with Crippen LogP contribution >= 0.6 is 31.9 Å². The zero-order valence-corrected chi connectivity index (χ0v) is 22.7. The fourth-order valence-electron chi connectivity index (χ4n) is 3.22. The Morgan fingerprint density at radius 2 is 1.44 bits per heavy atom. The van der Waals surface area contributed by atoms with Crippen molar-refractivity contribution >= 4 is 61.4 Å². The van der Waals surface area contributed by atoms with Gasteiger partial charge >= 0.3 is 6.03 Å². The number of nitrogens with one attached hydrogen (secondary N) is 3. The number of halogens is 2. The molecular formula is C23H30Br2N8O3. The zero-order valence-electron chi connectivity index (χ0n) is 19.5. The molecule has 11 nitrogen and oxygen atoms in total. The number of aliphatic imine (C=N–C) groups is 1. The van der Waals surface area contributed by atoms with Crippen LogP contribution in [0.1, 0.15) is 29.5 Å². The Bertz CT molecular complexity index is 1080. The largest absolute Gasteiger partial charge is 0.397 e. The highest BCUT2D eigenvalue weighted by Crippen LogP contribution is 2.29. The van der Waals surface area contributed by atoms with Crippen LogP contribution < -0.4 is 38.9 Å². The van der Waals surface area contributed by atoms with Crippen molar-refractivity contribution in [3.63, 3.8) is 0 Å². The molecule has 2 aromatic rings. The van der Waals surface area contributed by atoms with E-state index in [9.17, 15) is 14.4 Å². The van der Waals surface area contributed by atoms with Gasteiger partial charge in [0, 0.05) is 28.6 Å². The van der Waals surface area contributed by atoms with Crippen LogP contribution in [0.3, 0.4) is 0 Å². The lowest BCUT2D eigenvalue weighted by molar-refractivity contribution is -0.129. The number of urea groups is 1. The molecule has 0 fully saturated rings. The quantitative estimate of drug-likeness (QED) is 0.0802. The van der Waals surface area contributed by atoms with Gasteiger partial charge in [0.25, 0.3) is 0 Å². The number of carbonyl (C=O) groups excluding carboxylic acids is 3. The van der Waals surface area contributed by atoms with Gasteiger partial charge in [0.15, 0.2) is 5.96 Å². The number of nitrogens with two attached hydrogens (primary N) is 4. The van der Waals surface area contributed by atoms with Crippen molar-refractivity contribution in [2.45, 2.75) is 38.4 Å². The Morgan fingerprint density at radius 1 is 0.889 bits per heavy atom. The number of carbonyl (C=O) groups is 3. The summed E-state index contributed by atoms with van der Waals surface area (Å²) < 4.78 is 1.34.